The maximum Gasteiger partial charge on any atom is 0.272 e. The molecule has 1 aromatic carbocycles. The molecule has 0 aliphatic rings. The molecule has 0 aliphatic heterocycles. The number of aromatic nitrogens is 2. The second kappa shape index (κ2) is 5.47. The van der Waals surface area contributed by atoms with E-state index in [1.807, 2.05) is 0 Å². The largest absolute Gasteiger partial charge is 0.337 e. The van der Waals surface area contributed by atoms with Gasteiger partial charge in [0.25, 0.3) is 11.6 Å². The molecule has 0 atom stereocenters. The van der Waals surface area contributed by atoms with Gasteiger partial charge < -0.3 is 4.90 Å². The van der Waals surface area contributed by atoms with Crippen LogP contribution in [0.15, 0.2) is 30.6 Å². The number of rotatable bonds is 4. The number of aromatic amines is 1. The van der Waals surface area contributed by atoms with Crippen molar-refractivity contribution in [3.63, 3.8) is 0 Å². The minimum Gasteiger partial charge on any atom is -0.337 e. The molecule has 0 saturated heterocycles. The van der Waals surface area contributed by atoms with Crippen LogP contribution in [0.1, 0.15) is 15.9 Å². The van der Waals surface area contributed by atoms with Crippen molar-refractivity contribution in [2.75, 3.05) is 7.05 Å². The molecule has 1 N–H and O–H groups in total. The lowest BCUT2D eigenvalue weighted by molar-refractivity contribution is -0.385. The zero-order valence-electron chi connectivity index (χ0n) is 10.5. The number of carbonyl (C=O) groups excluding carboxylic acids is 1. The van der Waals surface area contributed by atoms with Crippen molar-refractivity contribution < 1.29 is 14.1 Å². The minimum absolute atomic E-state index is 0.207. The highest BCUT2D eigenvalue weighted by Gasteiger charge is 2.19. The number of benzene rings is 1. The van der Waals surface area contributed by atoms with Crippen molar-refractivity contribution in [1.29, 1.82) is 0 Å². The molecule has 0 unspecified atom stereocenters. The Morgan fingerprint density at radius 3 is 2.85 bits per heavy atom. The topological polar surface area (TPSA) is 92.1 Å². The Labute approximate surface area is 113 Å². The molecule has 20 heavy (non-hydrogen) atoms. The average Bonchev–Trinajstić information content (AvgIpc) is 2.90. The number of non-ortho nitro benzene ring substituents is 1. The van der Waals surface area contributed by atoms with E-state index in [-0.39, 0.29) is 12.1 Å². The van der Waals surface area contributed by atoms with Gasteiger partial charge in [0.2, 0.25) is 0 Å². The molecule has 0 radical (unpaired) electrons. The van der Waals surface area contributed by atoms with E-state index in [4.69, 9.17) is 0 Å². The summed E-state index contributed by atoms with van der Waals surface area (Å²) in [7, 11) is 1.51. The highest BCUT2D eigenvalue weighted by molar-refractivity contribution is 5.94. The molecule has 1 amide bonds. The van der Waals surface area contributed by atoms with Gasteiger partial charge in [0.05, 0.1) is 22.7 Å². The van der Waals surface area contributed by atoms with Gasteiger partial charge in [-0.3, -0.25) is 20.0 Å². The van der Waals surface area contributed by atoms with Crippen molar-refractivity contribution in [1.82, 2.24) is 15.1 Å². The van der Waals surface area contributed by atoms with E-state index >= 15 is 0 Å². The first-order valence-electron chi connectivity index (χ1n) is 5.66. The highest BCUT2D eigenvalue weighted by Crippen LogP contribution is 2.18. The van der Waals surface area contributed by atoms with E-state index < -0.39 is 22.3 Å². The van der Waals surface area contributed by atoms with Crippen LogP contribution in [-0.2, 0) is 6.54 Å². The normalized spacial score (nSPS) is 10.3. The second-order valence-electron chi connectivity index (χ2n) is 4.19. The van der Waals surface area contributed by atoms with E-state index in [1.165, 1.54) is 11.9 Å². The van der Waals surface area contributed by atoms with Crippen LogP contribution in [0, 0.1) is 15.9 Å². The Morgan fingerprint density at radius 2 is 2.30 bits per heavy atom. The standard InChI is InChI=1S/C12H11FN4O3/c1-16(7-8-5-14-15-6-8)12(18)10-3-2-9(17(19)20)4-11(10)13/h2-6H,7H2,1H3,(H,14,15). The van der Waals surface area contributed by atoms with Gasteiger partial charge in [-0.05, 0) is 6.07 Å². The fourth-order valence-corrected chi connectivity index (χ4v) is 1.71. The zero-order valence-corrected chi connectivity index (χ0v) is 10.5. The molecule has 104 valence electrons. The van der Waals surface area contributed by atoms with Crippen LogP contribution in [0.2, 0.25) is 0 Å². The molecule has 0 spiro atoms. The average molecular weight is 278 g/mol. The number of carbonyl (C=O) groups is 1. The van der Waals surface area contributed by atoms with E-state index in [9.17, 15) is 19.3 Å². The maximum absolute atomic E-state index is 13.7. The Hall–Kier alpha value is -2.77. The quantitative estimate of drug-likeness (QED) is 0.681. The third-order valence-corrected chi connectivity index (χ3v) is 2.72. The first kappa shape index (κ1) is 13.7. The molecule has 7 nitrogen and oxygen atoms in total. The molecule has 1 aromatic heterocycles. The fourth-order valence-electron chi connectivity index (χ4n) is 1.71. The Morgan fingerprint density at radius 1 is 1.55 bits per heavy atom. The van der Waals surface area contributed by atoms with Crippen LogP contribution < -0.4 is 0 Å². The second-order valence-corrected chi connectivity index (χ2v) is 4.19. The Bertz CT molecular complexity index is 642. The van der Waals surface area contributed by atoms with Crippen LogP contribution >= 0.6 is 0 Å². The third-order valence-electron chi connectivity index (χ3n) is 2.72. The van der Waals surface area contributed by atoms with Crippen molar-refractivity contribution in [3.8, 4) is 0 Å². The number of nitro groups is 1. The van der Waals surface area contributed by atoms with Gasteiger partial charge in [-0.15, -0.1) is 0 Å². The summed E-state index contributed by atoms with van der Waals surface area (Å²) in [5.41, 5.74) is 0.168. The number of hydrogen-bond donors (Lipinski definition) is 1. The van der Waals surface area contributed by atoms with Gasteiger partial charge in [0.1, 0.15) is 5.82 Å². The summed E-state index contributed by atoms with van der Waals surface area (Å²) in [5, 5.41) is 16.9. The summed E-state index contributed by atoms with van der Waals surface area (Å²) in [6.07, 6.45) is 3.17. The SMILES string of the molecule is CN(Cc1cn[nH]c1)C(=O)c1ccc([N+](=O)[O-])cc1F. The van der Waals surface area contributed by atoms with Crippen LogP contribution in [-0.4, -0.2) is 33.0 Å². The van der Waals surface area contributed by atoms with Gasteiger partial charge in [-0.1, -0.05) is 0 Å². The third kappa shape index (κ3) is 2.79. The molecule has 0 fully saturated rings. The lowest BCUT2D eigenvalue weighted by atomic mass is 10.1. The van der Waals surface area contributed by atoms with E-state index in [0.717, 1.165) is 23.8 Å². The molecule has 2 aromatic rings. The first-order chi connectivity index (χ1) is 9.49. The molecule has 0 saturated carbocycles. The van der Waals surface area contributed by atoms with Gasteiger partial charge in [-0.25, -0.2) is 4.39 Å². The summed E-state index contributed by atoms with van der Waals surface area (Å²) >= 11 is 0. The lowest BCUT2D eigenvalue weighted by Crippen LogP contribution is -2.26. The summed E-state index contributed by atoms with van der Waals surface area (Å²) in [4.78, 5) is 23.2. The highest BCUT2D eigenvalue weighted by atomic mass is 19.1. The maximum atomic E-state index is 13.7. The van der Waals surface area contributed by atoms with Gasteiger partial charge >= 0.3 is 0 Å². The van der Waals surface area contributed by atoms with E-state index in [0.29, 0.717) is 0 Å². The van der Waals surface area contributed by atoms with Crippen molar-refractivity contribution in [2.24, 2.45) is 0 Å². The minimum atomic E-state index is -0.914. The summed E-state index contributed by atoms with van der Waals surface area (Å²) in [6, 6.07) is 2.95. The molecule has 2 rings (SSSR count). The van der Waals surface area contributed by atoms with Crippen molar-refractivity contribution in [2.45, 2.75) is 6.54 Å². The van der Waals surface area contributed by atoms with Crippen LogP contribution in [0.4, 0.5) is 10.1 Å². The number of hydrogen-bond acceptors (Lipinski definition) is 4. The Balaban J connectivity index is 2.18. The number of amides is 1. The van der Waals surface area contributed by atoms with Gasteiger partial charge in [0, 0.05) is 31.4 Å². The zero-order chi connectivity index (χ0) is 14.7. The van der Waals surface area contributed by atoms with Crippen LogP contribution in [0.5, 0.6) is 0 Å². The number of nitrogens with one attached hydrogen (secondary N) is 1. The lowest BCUT2D eigenvalue weighted by Gasteiger charge is -2.16. The molecule has 1 heterocycles. The van der Waals surface area contributed by atoms with Gasteiger partial charge in [0.15, 0.2) is 0 Å². The predicted octanol–water partition coefficient (Wildman–Crippen LogP) is 1.73. The molecule has 0 bridgehead atoms. The number of nitro benzene ring substituents is 1. The van der Waals surface area contributed by atoms with Crippen LogP contribution in [0.3, 0.4) is 0 Å². The Kier molecular flexibility index (Phi) is 3.74. The fraction of sp³-hybridized carbons (Fsp3) is 0.167. The number of H-pyrrole nitrogens is 1. The van der Waals surface area contributed by atoms with E-state index in [1.54, 1.807) is 12.4 Å². The summed E-state index contributed by atoms with van der Waals surface area (Å²) in [6.45, 7) is 0.256. The number of nitrogens with zero attached hydrogens (tertiary/aromatic N) is 3. The summed E-state index contributed by atoms with van der Waals surface area (Å²) in [5.74, 6) is -1.47. The predicted molar refractivity (Wildman–Crippen MR) is 67.4 cm³/mol. The molecular formula is C12H11FN4O3. The molecule has 8 heteroatoms. The van der Waals surface area contributed by atoms with Crippen molar-refractivity contribution in [3.05, 3.63) is 57.7 Å². The number of halogens is 1. The smallest absolute Gasteiger partial charge is 0.272 e. The van der Waals surface area contributed by atoms with Crippen LogP contribution in [0.25, 0.3) is 0 Å². The van der Waals surface area contributed by atoms with Gasteiger partial charge in [-0.2, -0.15) is 5.10 Å². The summed E-state index contributed by atoms with van der Waals surface area (Å²) < 4.78 is 13.7. The van der Waals surface area contributed by atoms with Crippen molar-refractivity contribution >= 4 is 11.6 Å². The molecule has 0 aliphatic carbocycles. The molecular weight excluding hydrogens is 267 g/mol. The van der Waals surface area contributed by atoms with E-state index in [2.05, 4.69) is 10.2 Å². The monoisotopic (exact) mass is 278 g/mol. The first-order valence-corrected chi connectivity index (χ1v) is 5.66.